The van der Waals surface area contributed by atoms with Gasteiger partial charge in [-0.3, -0.25) is 5.32 Å². The number of rotatable bonds is 7. The maximum absolute atomic E-state index is 12.5. The fraction of sp³-hybridized carbons (Fsp3) is 0.190. The van der Waals surface area contributed by atoms with Gasteiger partial charge in [0.1, 0.15) is 11.5 Å². The normalized spacial score (nSPS) is 10.7. The van der Waals surface area contributed by atoms with E-state index in [2.05, 4.69) is 20.7 Å². The van der Waals surface area contributed by atoms with Crippen molar-refractivity contribution in [2.45, 2.75) is 13.5 Å². The monoisotopic (exact) mass is 439 g/mol. The third kappa shape index (κ3) is 4.53. The molecule has 3 heterocycles. The highest BCUT2D eigenvalue weighted by molar-refractivity contribution is 7.12. The Morgan fingerprint density at radius 1 is 1.19 bits per heavy atom. The van der Waals surface area contributed by atoms with E-state index in [0.29, 0.717) is 40.4 Å². The Bertz CT molecular complexity index is 1180. The maximum atomic E-state index is 12.5. The van der Waals surface area contributed by atoms with Crippen LogP contribution in [0.1, 0.15) is 11.3 Å². The van der Waals surface area contributed by atoms with Crippen molar-refractivity contribution in [3.63, 3.8) is 0 Å². The van der Waals surface area contributed by atoms with Crippen LogP contribution in [0.15, 0.2) is 52.5 Å². The van der Waals surface area contributed by atoms with Crippen molar-refractivity contribution < 1.29 is 18.7 Å². The zero-order chi connectivity index (χ0) is 21.8. The standard InChI is InChI=1S/C21H21N5O4S/c1-13-9-19(26(25-13)21-23-15(12-31-21)16-5-4-8-30-16)24-20(27)22-11-14-6-7-17(28-2)18(10-14)29-3/h4-10,12H,11H2,1-3H3,(H2,22,24,27). The highest BCUT2D eigenvalue weighted by atomic mass is 32.1. The molecule has 0 fully saturated rings. The Morgan fingerprint density at radius 3 is 2.77 bits per heavy atom. The SMILES string of the molecule is COc1ccc(CNC(=O)Nc2cc(C)nn2-c2nc(-c3ccco3)cs2)cc1OC. The fourth-order valence-electron chi connectivity index (χ4n) is 2.97. The molecule has 0 saturated carbocycles. The first-order valence-corrected chi connectivity index (χ1v) is 10.3. The average molecular weight is 439 g/mol. The van der Waals surface area contributed by atoms with Gasteiger partial charge in [-0.15, -0.1) is 11.3 Å². The van der Waals surface area contributed by atoms with Gasteiger partial charge < -0.3 is 19.2 Å². The number of amides is 2. The third-order valence-corrected chi connectivity index (χ3v) is 5.24. The minimum absolute atomic E-state index is 0.319. The highest BCUT2D eigenvalue weighted by Crippen LogP contribution is 2.28. The Balaban J connectivity index is 1.45. The lowest BCUT2D eigenvalue weighted by Gasteiger charge is -2.11. The van der Waals surface area contributed by atoms with E-state index in [-0.39, 0.29) is 6.03 Å². The number of nitrogens with zero attached hydrogens (tertiary/aromatic N) is 3. The second-order valence-corrected chi connectivity index (χ2v) is 7.41. The molecule has 4 aromatic rings. The van der Waals surface area contributed by atoms with Gasteiger partial charge in [-0.1, -0.05) is 6.07 Å². The molecule has 3 aromatic heterocycles. The molecule has 0 aliphatic rings. The van der Waals surface area contributed by atoms with Gasteiger partial charge >= 0.3 is 6.03 Å². The molecular formula is C21H21N5O4S. The Kier molecular flexibility index (Phi) is 5.89. The molecule has 31 heavy (non-hydrogen) atoms. The van der Waals surface area contributed by atoms with Gasteiger partial charge in [0.05, 0.1) is 26.2 Å². The van der Waals surface area contributed by atoms with E-state index >= 15 is 0 Å². The number of furan rings is 1. The average Bonchev–Trinajstić information content (AvgIpc) is 3.52. The van der Waals surface area contributed by atoms with Crippen molar-refractivity contribution >= 4 is 23.2 Å². The summed E-state index contributed by atoms with van der Waals surface area (Å²) < 4.78 is 17.5. The van der Waals surface area contributed by atoms with Gasteiger partial charge in [-0.05, 0) is 36.8 Å². The van der Waals surface area contributed by atoms with Gasteiger partial charge in [0, 0.05) is 18.0 Å². The van der Waals surface area contributed by atoms with Crippen LogP contribution in [0.4, 0.5) is 10.6 Å². The van der Waals surface area contributed by atoms with E-state index < -0.39 is 0 Å². The largest absolute Gasteiger partial charge is 0.493 e. The van der Waals surface area contributed by atoms with Crippen LogP contribution in [-0.4, -0.2) is 35.0 Å². The first kappa shape index (κ1) is 20.5. The number of hydrogen-bond acceptors (Lipinski definition) is 7. The summed E-state index contributed by atoms with van der Waals surface area (Å²) in [5, 5.41) is 12.6. The summed E-state index contributed by atoms with van der Waals surface area (Å²) in [7, 11) is 3.15. The van der Waals surface area contributed by atoms with Crippen LogP contribution in [0.25, 0.3) is 16.6 Å². The van der Waals surface area contributed by atoms with E-state index in [1.165, 1.54) is 11.3 Å². The second kappa shape index (κ2) is 8.92. The molecule has 1 aromatic carbocycles. The van der Waals surface area contributed by atoms with Crippen LogP contribution >= 0.6 is 11.3 Å². The van der Waals surface area contributed by atoms with Crippen LogP contribution in [0.5, 0.6) is 11.5 Å². The van der Waals surface area contributed by atoms with E-state index in [9.17, 15) is 4.79 Å². The van der Waals surface area contributed by atoms with Crippen LogP contribution in [0, 0.1) is 6.92 Å². The molecule has 160 valence electrons. The zero-order valence-corrected chi connectivity index (χ0v) is 18.0. The number of methoxy groups -OCH3 is 2. The number of urea groups is 1. The molecule has 0 saturated heterocycles. The van der Waals surface area contributed by atoms with Gasteiger partial charge in [0.25, 0.3) is 0 Å². The number of anilines is 1. The first-order chi connectivity index (χ1) is 15.1. The molecule has 2 amide bonds. The summed E-state index contributed by atoms with van der Waals surface area (Å²) >= 11 is 1.41. The summed E-state index contributed by atoms with van der Waals surface area (Å²) in [6.07, 6.45) is 1.60. The minimum atomic E-state index is -0.362. The van der Waals surface area contributed by atoms with Crippen molar-refractivity contribution in [3.8, 4) is 28.1 Å². The van der Waals surface area contributed by atoms with Crippen molar-refractivity contribution in [2.24, 2.45) is 0 Å². The number of thiazole rings is 1. The number of nitrogens with one attached hydrogen (secondary N) is 2. The maximum Gasteiger partial charge on any atom is 0.320 e. The summed E-state index contributed by atoms with van der Waals surface area (Å²) in [6, 6.07) is 10.5. The molecule has 2 N–H and O–H groups in total. The molecule has 0 unspecified atom stereocenters. The molecule has 4 rings (SSSR count). The molecule has 9 nitrogen and oxygen atoms in total. The molecule has 0 aliphatic heterocycles. The van der Waals surface area contributed by atoms with Crippen LogP contribution < -0.4 is 20.1 Å². The quantitative estimate of drug-likeness (QED) is 0.447. The lowest BCUT2D eigenvalue weighted by Crippen LogP contribution is -2.29. The first-order valence-electron chi connectivity index (χ1n) is 9.39. The van der Waals surface area contributed by atoms with E-state index in [0.717, 1.165) is 11.3 Å². The topological polar surface area (TPSA) is 103 Å². The Labute approximate surface area is 182 Å². The molecule has 0 atom stereocenters. The van der Waals surface area contributed by atoms with Crippen LogP contribution in [-0.2, 0) is 6.54 Å². The third-order valence-electron chi connectivity index (χ3n) is 4.42. The second-order valence-electron chi connectivity index (χ2n) is 6.57. The summed E-state index contributed by atoms with van der Waals surface area (Å²) in [5.41, 5.74) is 2.34. The minimum Gasteiger partial charge on any atom is -0.493 e. The predicted octanol–water partition coefficient (Wildman–Crippen LogP) is 4.24. The van der Waals surface area contributed by atoms with Crippen molar-refractivity contribution in [1.82, 2.24) is 20.1 Å². The van der Waals surface area contributed by atoms with E-state index in [1.54, 1.807) is 37.3 Å². The number of benzene rings is 1. The summed E-state index contributed by atoms with van der Waals surface area (Å²) in [6.45, 7) is 2.17. The lowest BCUT2D eigenvalue weighted by molar-refractivity contribution is 0.251. The van der Waals surface area contributed by atoms with Crippen LogP contribution in [0.3, 0.4) is 0 Å². The van der Waals surface area contributed by atoms with Gasteiger partial charge in [0.2, 0.25) is 5.13 Å². The number of aryl methyl sites for hydroxylation is 1. The molecule has 0 spiro atoms. The molecule has 0 radical (unpaired) electrons. The van der Waals surface area contributed by atoms with E-state index in [4.69, 9.17) is 13.9 Å². The van der Waals surface area contributed by atoms with Gasteiger partial charge in [0.15, 0.2) is 17.3 Å². The number of hydrogen-bond donors (Lipinski definition) is 2. The number of aromatic nitrogens is 3. The van der Waals surface area contributed by atoms with E-state index in [1.807, 2.05) is 36.6 Å². The predicted molar refractivity (Wildman–Crippen MR) is 117 cm³/mol. The fourth-order valence-corrected chi connectivity index (χ4v) is 3.74. The number of ether oxygens (including phenoxy) is 2. The Morgan fingerprint density at radius 2 is 2.03 bits per heavy atom. The van der Waals surface area contributed by atoms with Crippen molar-refractivity contribution in [3.05, 3.63) is 59.3 Å². The Hall–Kier alpha value is -3.79. The van der Waals surface area contributed by atoms with Crippen molar-refractivity contribution in [1.29, 1.82) is 0 Å². The van der Waals surface area contributed by atoms with Crippen molar-refractivity contribution in [2.75, 3.05) is 19.5 Å². The molecule has 0 aliphatic carbocycles. The van der Waals surface area contributed by atoms with Gasteiger partial charge in [-0.25, -0.2) is 9.78 Å². The lowest BCUT2D eigenvalue weighted by atomic mass is 10.2. The molecular weight excluding hydrogens is 418 g/mol. The van der Waals surface area contributed by atoms with Gasteiger partial charge in [-0.2, -0.15) is 9.78 Å². The smallest absolute Gasteiger partial charge is 0.320 e. The summed E-state index contributed by atoms with van der Waals surface area (Å²) in [4.78, 5) is 17.1. The molecule has 0 bridgehead atoms. The number of carbonyl (C=O) groups is 1. The highest BCUT2D eigenvalue weighted by Gasteiger charge is 2.15. The molecule has 10 heteroatoms. The summed E-state index contributed by atoms with van der Waals surface area (Å²) in [5.74, 6) is 2.43. The number of carbonyl (C=O) groups excluding carboxylic acids is 1. The van der Waals surface area contributed by atoms with Crippen LogP contribution in [0.2, 0.25) is 0 Å². The zero-order valence-electron chi connectivity index (χ0n) is 17.2.